The van der Waals surface area contributed by atoms with Crippen LogP contribution in [0, 0.1) is 11.8 Å². The highest BCUT2D eigenvalue weighted by Gasteiger charge is 2.40. The van der Waals surface area contributed by atoms with Crippen molar-refractivity contribution in [2.75, 3.05) is 25.0 Å². The van der Waals surface area contributed by atoms with E-state index in [-0.39, 0.29) is 5.60 Å². The first-order valence-electron chi connectivity index (χ1n) is 9.95. The zero-order chi connectivity index (χ0) is 19.2. The minimum Gasteiger partial charge on any atom is -0.474 e. The third-order valence-electron chi connectivity index (χ3n) is 6.03. The average Bonchev–Trinajstić information content (AvgIpc) is 3.25. The van der Waals surface area contributed by atoms with Crippen LogP contribution in [0.2, 0.25) is 0 Å². The monoisotopic (exact) mass is 369 g/mol. The molecule has 4 rings (SSSR count). The molecule has 2 aliphatic rings. The topological polar surface area (TPSA) is 57.3 Å². The van der Waals surface area contributed by atoms with E-state index in [1.807, 2.05) is 6.20 Å². The molecule has 3 atom stereocenters. The first-order valence-corrected chi connectivity index (χ1v) is 9.95. The van der Waals surface area contributed by atoms with Crippen LogP contribution in [0.4, 0.5) is 5.82 Å². The van der Waals surface area contributed by atoms with Crippen LogP contribution in [0.25, 0.3) is 11.0 Å². The molecule has 2 aromatic heterocycles. The van der Waals surface area contributed by atoms with Gasteiger partial charge in [0.25, 0.3) is 0 Å². The van der Waals surface area contributed by atoms with Crippen LogP contribution in [-0.4, -0.2) is 51.6 Å². The molecular weight excluding hydrogens is 338 g/mol. The highest BCUT2D eigenvalue weighted by atomic mass is 16.5. The van der Waals surface area contributed by atoms with Gasteiger partial charge in [0.05, 0.1) is 5.39 Å². The van der Waals surface area contributed by atoms with E-state index in [2.05, 4.69) is 65.2 Å². The first-order chi connectivity index (χ1) is 12.8. The minimum absolute atomic E-state index is 0.193. The summed E-state index contributed by atoms with van der Waals surface area (Å²) >= 11 is 0. The maximum absolute atomic E-state index is 6.01. The van der Waals surface area contributed by atoms with Gasteiger partial charge < -0.3 is 19.5 Å². The largest absolute Gasteiger partial charge is 0.474 e. The van der Waals surface area contributed by atoms with Gasteiger partial charge in [0.2, 0.25) is 0 Å². The zero-order valence-corrected chi connectivity index (χ0v) is 16.9. The number of aromatic amines is 1. The molecule has 2 fully saturated rings. The van der Waals surface area contributed by atoms with Gasteiger partial charge in [0.1, 0.15) is 23.4 Å². The molecule has 6 heteroatoms. The second kappa shape index (κ2) is 6.73. The van der Waals surface area contributed by atoms with E-state index >= 15 is 0 Å². The van der Waals surface area contributed by atoms with E-state index in [9.17, 15) is 0 Å². The molecule has 1 unspecified atom stereocenters. The summed E-state index contributed by atoms with van der Waals surface area (Å²) in [6.45, 7) is 12.5. The Hall–Kier alpha value is -2.24. The predicted molar refractivity (Wildman–Crippen MR) is 108 cm³/mol. The van der Waals surface area contributed by atoms with Crippen LogP contribution in [0.15, 0.2) is 31.1 Å². The van der Waals surface area contributed by atoms with Crippen LogP contribution < -0.4 is 4.90 Å². The van der Waals surface area contributed by atoms with Crippen LogP contribution in [-0.2, 0) is 4.74 Å². The van der Waals surface area contributed by atoms with Gasteiger partial charge in [-0.1, -0.05) is 0 Å². The van der Waals surface area contributed by atoms with E-state index in [4.69, 9.17) is 4.74 Å². The van der Waals surface area contributed by atoms with Crippen molar-refractivity contribution in [3.63, 3.8) is 0 Å². The van der Waals surface area contributed by atoms with Gasteiger partial charge in [-0.15, -0.1) is 0 Å². The smallest absolute Gasteiger partial charge is 0.182 e. The second-order valence-corrected chi connectivity index (χ2v) is 9.04. The Morgan fingerprint density at radius 1 is 1.30 bits per heavy atom. The number of hydrogen-bond donors (Lipinski definition) is 1. The van der Waals surface area contributed by atoms with Gasteiger partial charge in [-0.25, -0.2) is 9.97 Å². The molecule has 0 radical (unpaired) electrons. The molecule has 27 heavy (non-hydrogen) atoms. The summed E-state index contributed by atoms with van der Waals surface area (Å²) < 4.78 is 6.01. The van der Waals surface area contributed by atoms with E-state index in [0.717, 1.165) is 41.7 Å². The van der Waals surface area contributed by atoms with Crippen molar-refractivity contribution >= 4 is 16.9 Å². The van der Waals surface area contributed by atoms with Gasteiger partial charge >= 0.3 is 0 Å². The molecule has 0 aromatic carbocycles. The third kappa shape index (κ3) is 3.62. The molecule has 6 nitrogen and oxygen atoms in total. The highest BCUT2D eigenvalue weighted by Crippen LogP contribution is 2.42. The predicted octanol–water partition coefficient (Wildman–Crippen LogP) is 3.78. The molecule has 2 aromatic rings. The van der Waals surface area contributed by atoms with Crippen molar-refractivity contribution in [1.82, 2.24) is 19.9 Å². The molecule has 146 valence electrons. The fourth-order valence-electron chi connectivity index (χ4n) is 4.73. The Kier molecular flexibility index (Phi) is 4.52. The Bertz CT molecular complexity index is 823. The molecular formula is C21H31N5O. The van der Waals surface area contributed by atoms with Crippen molar-refractivity contribution in [3.8, 4) is 0 Å². The lowest BCUT2D eigenvalue weighted by molar-refractivity contribution is -0.0122. The average molecular weight is 370 g/mol. The van der Waals surface area contributed by atoms with E-state index in [0.29, 0.717) is 12.0 Å². The molecule has 0 amide bonds. The van der Waals surface area contributed by atoms with Crippen LogP contribution in [0.1, 0.15) is 40.0 Å². The Balaban J connectivity index is 1.44. The number of rotatable bonds is 4. The van der Waals surface area contributed by atoms with Crippen LogP contribution in [0.3, 0.4) is 0 Å². The Morgan fingerprint density at radius 3 is 2.85 bits per heavy atom. The van der Waals surface area contributed by atoms with Crippen LogP contribution in [0.5, 0.6) is 0 Å². The molecule has 0 bridgehead atoms. The fraction of sp³-hybridized carbons (Fsp3) is 0.619. The van der Waals surface area contributed by atoms with Crippen molar-refractivity contribution in [3.05, 3.63) is 31.1 Å². The van der Waals surface area contributed by atoms with E-state index in [1.54, 1.807) is 6.33 Å². The lowest BCUT2D eigenvalue weighted by Gasteiger charge is -2.38. The number of aromatic nitrogens is 3. The fourth-order valence-corrected chi connectivity index (χ4v) is 4.73. The number of anilines is 1. The van der Waals surface area contributed by atoms with Gasteiger partial charge in [0, 0.05) is 32.4 Å². The first kappa shape index (κ1) is 18.1. The Morgan fingerprint density at radius 2 is 2.07 bits per heavy atom. The minimum atomic E-state index is -0.193. The number of nitrogens with zero attached hydrogens (tertiary/aromatic N) is 4. The number of ether oxygens (including phenoxy) is 1. The summed E-state index contributed by atoms with van der Waals surface area (Å²) in [6.07, 6.45) is 7.23. The summed E-state index contributed by atoms with van der Waals surface area (Å²) in [6, 6.07) is 2.59. The normalized spacial score (nSPS) is 25.5. The van der Waals surface area contributed by atoms with E-state index < -0.39 is 0 Å². The summed E-state index contributed by atoms with van der Waals surface area (Å²) in [5.74, 6) is 3.32. The standard InChI is InChI=1S/C21H31N5O/c1-14(27-21(2,3)4)26-9-7-15-10-17(11-16(15)12-26)25(5)20-18-6-8-22-19(18)23-13-24-20/h6,8,13,15-17H,1,7,9-12H2,2-5H3,(H,22,23,24)/t15-,16-,17?/m0/s1. The number of hydrogen-bond acceptors (Lipinski definition) is 5. The molecule has 1 aliphatic carbocycles. The van der Waals surface area contributed by atoms with Gasteiger partial charge in [-0.2, -0.15) is 0 Å². The van der Waals surface area contributed by atoms with E-state index in [1.165, 1.54) is 19.3 Å². The third-order valence-corrected chi connectivity index (χ3v) is 6.03. The summed E-state index contributed by atoms with van der Waals surface area (Å²) in [5.41, 5.74) is 0.713. The molecule has 3 heterocycles. The van der Waals surface area contributed by atoms with Crippen LogP contribution >= 0.6 is 0 Å². The maximum atomic E-state index is 6.01. The molecule has 1 N–H and O–H groups in total. The quantitative estimate of drug-likeness (QED) is 0.831. The van der Waals surface area contributed by atoms with Gasteiger partial charge in [-0.3, -0.25) is 0 Å². The SMILES string of the molecule is C=C(OC(C)(C)C)N1CC[C@H]2CC(N(C)c3ncnc4[nH]ccc34)C[C@H]2C1. The van der Waals surface area contributed by atoms with Crippen molar-refractivity contribution in [2.45, 2.75) is 51.7 Å². The number of nitrogens with one attached hydrogen (secondary N) is 1. The zero-order valence-electron chi connectivity index (χ0n) is 16.9. The van der Waals surface area contributed by atoms with Crippen molar-refractivity contribution in [2.24, 2.45) is 11.8 Å². The Labute approximate surface area is 161 Å². The number of likely N-dealkylation sites (tertiary alicyclic amines) is 1. The number of fused-ring (bicyclic) bond motifs is 2. The molecule has 0 spiro atoms. The van der Waals surface area contributed by atoms with Gasteiger partial charge in [-0.05, 0) is 64.5 Å². The highest BCUT2D eigenvalue weighted by molar-refractivity contribution is 5.87. The number of piperidine rings is 1. The van der Waals surface area contributed by atoms with Crippen molar-refractivity contribution in [1.29, 1.82) is 0 Å². The summed E-state index contributed by atoms with van der Waals surface area (Å²) in [7, 11) is 2.18. The van der Waals surface area contributed by atoms with Gasteiger partial charge in [0.15, 0.2) is 5.88 Å². The molecule has 1 aliphatic heterocycles. The van der Waals surface area contributed by atoms with Crippen molar-refractivity contribution < 1.29 is 4.74 Å². The lowest BCUT2D eigenvalue weighted by Crippen LogP contribution is -2.39. The summed E-state index contributed by atoms with van der Waals surface area (Å²) in [4.78, 5) is 16.8. The molecule has 1 saturated carbocycles. The summed E-state index contributed by atoms with van der Waals surface area (Å²) in [5, 5.41) is 1.10. The number of H-pyrrole nitrogens is 1. The molecule has 1 saturated heterocycles. The second-order valence-electron chi connectivity index (χ2n) is 9.04. The lowest BCUT2D eigenvalue weighted by atomic mass is 9.89. The maximum Gasteiger partial charge on any atom is 0.182 e.